The van der Waals surface area contributed by atoms with Gasteiger partial charge in [0.2, 0.25) is 0 Å². The average molecular weight is 469 g/mol. The lowest BCUT2D eigenvalue weighted by Gasteiger charge is -2.31. The molecule has 2 N–H and O–H groups in total. The highest BCUT2D eigenvalue weighted by molar-refractivity contribution is 5.94. The second-order valence-electron chi connectivity index (χ2n) is 8.85. The van der Waals surface area contributed by atoms with Crippen LogP contribution in [-0.4, -0.2) is 53.7 Å². The molecule has 0 saturated carbocycles. The Kier molecular flexibility index (Phi) is 8.90. The molecule has 0 spiro atoms. The topological polar surface area (TPSA) is 105 Å². The van der Waals surface area contributed by atoms with Crippen LogP contribution in [0.2, 0.25) is 0 Å². The zero-order valence-electron chi connectivity index (χ0n) is 19.7. The number of carboxylic acids is 1. The van der Waals surface area contributed by atoms with Crippen molar-refractivity contribution in [2.24, 2.45) is 5.92 Å². The molecule has 0 bridgehead atoms. The Labute approximate surface area is 199 Å². The van der Waals surface area contributed by atoms with E-state index in [0.717, 1.165) is 12.0 Å². The number of nitrogens with one attached hydrogen (secondary N) is 1. The van der Waals surface area contributed by atoms with E-state index in [1.807, 2.05) is 0 Å². The Hall–Kier alpha value is -3.55. The Morgan fingerprint density at radius 3 is 2.21 bits per heavy atom. The second kappa shape index (κ2) is 12.1. The average Bonchev–Trinajstić information content (AvgIpc) is 2.80. The summed E-state index contributed by atoms with van der Waals surface area (Å²) in [5.41, 5.74) is 1.25. The minimum absolute atomic E-state index is 0.0188. The SMILES string of the molecule is CC(C)CCNC(=O)c1ccc(OC(=O)N2CCC(Oc3ccc(CC(=O)O)cc3)CC2)cc1. The van der Waals surface area contributed by atoms with E-state index in [1.54, 1.807) is 53.4 Å². The van der Waals surface area contributed by atoms with Gasteiger partial charge in [0.25, 0.3) is 5.91 Å². The summed E-state index contributed by atoms with van der Waals surface area (Å²) in [7, 11) is 0. The zero-order chi connectivity index (χ0) is 24.5. The summed E-state index contributed by atoms with van der Waals surface area (Å²) < 4.78 is 11.4. The summed E-state index contributed by atoms with van der Waals surface area (Å²) in [5.74, 6) is 0.589. The monoisotopic (exact) mass is 468 g/mol. The molecule has 1 fully saturated rings. The van der Waals surface area contributed by atoms with Crippen LogP contribution in [0.3, 0.4) is 0 Å². The van der Waals surface area contributed by atoms with Gasteiger partial charge in [-0.15, -0.1) is 0 Å². The molecule has 1 aliphatic heterocycles. The molecule has 2 aromatic rings. The number of rotatable bonds is 9. The zero-order valence-corrected chi connectivity index (χ0v) is 19.7. The molecule has 2 aromatic carbocycles. The Morgan fingerprint density at radius 1 is 1.00 bits per heavy atom. The molecule has 8 heteroatoms. The van der Waals surface area contributed by atoms with Crippen molar-refractivity contribution < 1.29 is 29.0 Å². The highest BCUT2D eigenvalue weighted by Gasteiger charge is 2.25. The fourth-order valence-corrected chi connectivity index (χ4v) is 3.63. The van der Waals surface area contributed by atoms with Gasteiger partial charge < -0.3 is 24.8 Å². The molecule has 3 rings (SSSR count). The molecule has 8 nitrogen and oxygen atoms in total. The number of carbonyl (C=O) groups is 3. The standard InChI is InChI=1S/C26H32N2O6/c1-18(2)11-14-27-25(31)20-5-9-22(10-6-20)34-26(32)28-15-12-23(13-16-28)33-21-7-3-19(4-8-21)17-24(29)30/h3-10,18,23H,11-17H2,1-2H3,(H,27,31)(H,29,30). The largest absolute Gasteiger partial charge is 0.490 e. The van der Waals surface area contributed by atoms with Crippen LogP contribution in [-0.2, 0) is 11.2 Å². The molecule has 2 amide bonds. The molecule has 1 saturated heterocycles. The van der Waals surface area contributed by atoms with Crippen LogP contribution in [0, 0.1) is 5.92 Å². The van der Waals surface area contributed by atoms with Crippen molar-refractivity contribution >= 4 is 18.0 Å². The minimum atomic E-state index is -0.869. The summed E-state index contributed by atoms with van der Waals surface area (Å²) in [6.07, 6.45) is 1.79. The van der Waals surface area contributed by atoms with Crippen molar-refractivity contribution in [3.05, 3.63) is 59.7 Å². The number of likely N-dealkylation sites (tertiary alicyclic amines) is 1. The van der Waals surface area contributed by atoms with Crippen molar-refractivity contribution in [1.29, 1.82) is 0 Å². The van der Waals surface area contributed by atoms with Crippen molar-refractivity contribution in [2.75, 3.05) is 19.6 Å². The summed E-state index contributed by atoms with van der Waals surface area (Å²) in [6.45, 7) is 5.86. The first-order chi connectivity index (χ1) is 16.3. The fourth-order valence-electron chi connectivity index (χ4n) is 3.63. The number of benzene rings is 2. The van der Waals surface area contributed by atoms with E-state index in [9.17, 15) is 14.4 Å². The van der Waals surface area contributed by atoms with E-state index in [-0.39, 0.29) is 18.4 Å². The van der Waals surface area contributed by atoms with Gasteiger partial charge in [0.1, 0.15) is 17.6 Å². The lowest BCUT2D eigenvalue weighted by atomic mass is 10.1. The van der Waals surface area contributed by atoms with Crippen LogP contribution in [0.25, 0.3) is 0 Å². The Balaban J connectivity index is 1.42. The molecule has 1 heterocycles. The summed E-state index contributed by atoms with van der Waals surface area (Å²) in [4.78, 5) is 37.1. The number of hydrogen-bond acceptors (Lipinski definition) is 5. The number of nitrogens with zero attached hydrogens (tertiary/aromatic N) is 1. The van der Waals surface area contributed by atoms with Crippen molar-refractivity contribution in [1.82, 2.24) is 10.2 Å². The molecule has 0 aliphatic carbocycles. The molecule has 0 unspecified atom stereocenters. The van der Waals surface area contributed by atoms with Gasteiger partial charge in [-0.25, -0.2) is 4.79 Å². The maximum atomic E-state index is 12.5. The third-order valence-corrected chi connectivity index (χ3v) is 5.61. The lowest BCUT2D eigenvalue weighted by Crippen LogP contribution is -2.43. The summed E-state index contributed by atoms with van der Waals surface area (Å²) in [6, 6.07) is 13.6. The van der Waals surface area contributed by atoms with Gasteiger partial charge in [-0.3, -0.25) is 9.59 Å². The normalized spacial score (nSPS) is 14.0. The van der Waals surface area contributed by atoms with Gasteiger partial charge in [0.15, 0.2) is 0 Å². The van der Waals surface area contributed by atoms with E-state index in [1.165, 1.54) is 0 Å². The number of ether oxygens (including phenoxy) is 2. The molecular weight excluding hydrogens is 436 g/mol. The van der Waals surface area contributed by atoms with Gasteiger partial charge in [-0.05, 0) is 54.3 Å². The third kappa shape index (κ3) is 7.79. The van der Waals surface area contributed by atoms with Gasteiger partial charge in [-0.1, -0.05) is 26.0 Å². The molecule has 0 radical (unpaired) electrons. The van der Waals surface area contributed by atoms with Crippen LogP contribution in [0.1, 0.15) is 49.0 Å². The summed E-state index contributed by atoms with van der Waals surface area (Å²) >= 11 is 0. The van der Waals surface area contributed by atoms with E-state index in [0.29, 0.717) is 55.5 Å². The van der Waals surface area contributed by atoms with Gasteiger partial charge in [0, 0.05) is 38.0 Å². The molecule has 0 atom stereocenters. The van der Waals surface area contributed by atoms with Crippen molar-refractivity contribution in [3.8, 4) is 11.5 Å². The first kappa shape index (κ1) is 25.1. The third-order valence-electron chi connectivity index (χ3n) is 5.61. The number of amides is 2. The van der Waals surface area contributed by atoms with Gasteiger partial charge in [0.05, 0.1) is 6.42 Å². The predicted molar refractivity (Wildman–Crippen MR) is 127 cm³/mol. The second-order valence-corrected chi connectivity index (χ2v) is 8.85. The number of carboxylic acid groups (broad SMARTS) is 1. The number of aliphatic carboxylic acids is 1. The van der Waals surface area contributed by atoms with Crippen LogP contribution in [0.4, 0.5) is 4.79 Å². The fraction of sp³-hybridized carbons (Fsp3) is 0.423. The van der Waals surface area contributed by atoms with Crippen LogP contribution >= 0.6 is 0 Å². The lowest BCUT2D eigenvalue weighted by molar-refractivity contribution is -0.136. The Morgan fingerprint density at radius 2 is 1.62 bits per heavy atom. The van der Waals surface area contributed by atoms with Crippen LogP contribution < -0.4 is 14.8 Å². The van der Waals surface area contributed by atoms with Gasteiger partial charge >= 0.3 is 12.1 Å². The van der Waals surface area contributed by atoms with Gasteiger partial charge in [-0.2, -0.15) is 0 Å². The van der Waals surface area contributed by atoms with Crippen LogP contribution in [0.5, 0.6) is 11.5 Å². The van der Waals surface area contributed by atoms with Crippen molar-refractivity contribution in [3.63, 3.8) is 0 Å². The maximum Gasteiger partial charge on any atom is 0.415 e. The predicted octanol–water partition coefficient (Wildman–Crippen LogP) is 4.13. The smallest absolute Gasteiger partial charge is 0.415 e. The molecule has 182 valence electrons. The molecular formula is C26H32N2O6. The first-order valence-electron chi connectivity index (χ1n) is 11.6. The molecule has 1 aliphatic rings. The highest BCUT2D eigenvalue weighted by atomic mass is 16.6. The quantitative estimate of drug-likeness (QED) is 0.573. The van der Waals surface area contributed by atoms with Crippen LogP contribution in [0.15, 0.2) is 48.5 Å². The summed E-state index contributed by atoms with van der Waals surface area (Å²) in [5, 5.41) is 11.7. The van der Waals surface area contributed by atoms with E-state index in [2.05, 4.69) is 19.2 Å². The van der Waals surface area contributed by atoms with E-state index >= 15 is 0 Å². The number of carbonyl (C=O) groups excluding carboxylic acids is 2. The molecule has 0 aromatic heterocycles. The maximum absolute atomic E-state index is 12.5. The van der Waals surface area contributed by atoms with E-state index in [4.69, 9.17) is 14.6 Å². The Bertz CT molecular complexity index is 964. The van der Waals surface area contributed by atoms with E-state index < -0.39 is 12.1 Å². The number of hydrogen-bond donors (Lipinski definition) is 2. The van der Waals surface area contributed by atoms with Crippen molar-refractivity contribution in [2.45, 2.75) is 45.6 Å². The highest BCUT2D eigenvalue weighted by Crippen LogP contribution is 2.21. The first-order valence-corrected chi connectivity index (χ1v) is 11.6. The molecule has 34 heavy (non-hydrogen) atoms. The number of piperidine rings is 1. The minimum Gasteiger partial charge on any atom is -0.490 e.